The van der Waals surface area contributed by atoms with Crippen LogP contribution in [0, 0.1) is 16.0 Å². The number of amides is 1. The molecule has 0 spiro atoms. The molecule has 2 aromatic carbocycles. The first-order valence-electron chi connectivity index (χ1n) is 9.32. The molecule has 1 saturated heterocycles. The molecule has 32 heavy (non-hydrogen) atoms. The summed E-state index contributed by atoms with van der Waals surface area (Å²) in [4.78, 5) is 22.2. The van der Waals surface area contributed by atoms with Gasteiger partial charge in [0, 0.05) is 36.8 Å². The van der Waals surface area contributed by atoms with Crippen LogP contribution in [0.2, 0.25) is 5.02 Å². The zero-order valence-corrected chi connectivity index (χ0v) is 17.9. The van der Waals surface area contributed by atoms with Crippen molar-refractivity contribution in [2.45, 2.75) is 23.9 Å². The van der Waals surface area contributed by atoms with E-state index < -0.39 is 48.4 Å². The molecule has 0 saturated carbocycles. The number of nitro groups is 1. The van der Waals surface area contributed by atoms with Crippen molar-refractivity contribution in [3.05, 3.63) is 63.2 Å². The molecule has 1 heterocycles. The van der Waals surface area contributed by atoms with E-state index in [2.05, 4.69) is 5.32 Å². The molecule has 0 aromatic heterocycles. The summed E-state index contributed by atoms with van der Waals surface area (Å²) in [5.41, 5.74) is -1.20. The molecule has 172 valence electrons. The molecule has 8 nitrogen and oxygen atoms in total. The van der Waals surface area contributed by atoms with E-state index in [4.69, 9.17) is 11.6 Å². The summed E-state index contributed by atoms with van der Waals surface area (Å²) in [6.45, 7) is -0.140. The Balaban J connectivity index is 1.68. The molecule has 1 aliphatic heterocycles. The first-order chi connectivity index (χ1) is 14.9. The number of carbonyl (C=O) groups is 1. The van der Waals surface area contributed by atoms with Gasteiger partial charge in [0.2, 0.25) is 15.9 Å². The number of benzene rings is 2. The number of alkyl halides is 3. The fourth-order valence-corrected chi connectivity index (χ4v) is 5.05. The van der Waals surface area contributed by atoms with Crippen LogP contribution in [-0.4, -0.2) is 36.6 Å². The summed E-state index contributed by atoms with van der Waals surface area (Å²) in [7, 11) is -4.22. The van der Waals surface area contributed by atoms with Gasteiger partial charge in [0.15, 0.2) is 0 Å². The van der Waals surface area contributed by atoms with Crippen LogP contribution in [0.25, 0.3) is 0 Å². The zero-order valence-electron chi connectivity index (χ0n) is 16.3. The van der Waals surface area contributed by atoms with E-state index in [0.717, 1.165) is 16.4 Å². The van der Waals surface area contributed by atoms with Gasteiger partial charge in [-0.05, 0) is 37.1 Å². The average molecular weight is 492 g/mol. The molecule has 0 unspecified atom stereocenters. The first-order valence-corrected chi connectivity index (χ1v) is 11.1. The third-order valence-electron chi connectivity index (χ3n) is 5.03. The number of hydrogen-bond acceptors (Lipinski definition) is 5. The molecular formula is C19H17ClF3N3O5S. The predicted octanol–water partition coefficient (Wildman–Crippen LogP) is 4.31. The van der Waals surface area contributed by atoms with E-state index in [1.807, 2.05) is 0 Å². The zero-order chi connectivity index (χ0) is 23.7. The number of halogens is 4. The van der Waals surface area contributed by atoms with Crippen LogP contribution in [0.1, 0.15) is 18.4 Å². The van der Waals surface area contributed by atoms with E-state index in [-0.39, 0.29) is 37.3 Å². The van der Waals surface area contributed by atoms with Gasteiger partial charge in [-0.3, -0.25) is 14.9 Å². The summed E-state index contributed by atoms with van der Waals surface area (Å²) in [6.07, 6.45) is -4.53. The van der Waals surface area contributed by atoms with Crippen molar-refractivity contribution in [3.63, 3.8) is 0 Å². The van der Waals surface area contributed by atoms with E-state index in [0.29, 0.717) is 6.07 Å². The number of non-ortho nitro benzene ring substituents is 1. The van der Waals surface area contributed by atoms with Crippen LogP contribution in [0.3, 0.4) is 0 Å². The lowest BCUT2D eigenvalue weighted by molar-refractivity contribution is -0.384. The van der Waals surface area contributed by atoms with E-state index in [9.17, 15) is 36.5 Å². The summed E-state index contributed by atoms with van der Waals surface area (Å²) in [6, 6.07) is 7.78. The number of nitro benzene ring substituents is 1. The smallest absolute Gasteiger partial charge is 0.326 e. The predicted molar refractivity (Wildman–Crippen MR) is 110 cm³/mol. The lowest BCUT2D eigenvalue weighted by Gasteiger charge is -2.30. The molecule has 2 aromatic rings. The molecule has 0 aliphatic carbocycles. The van der Waals surface area contributed by atoms with Crippen molar-refractivity contribution in [3.8, 4) is 0 Å². The first kappa shape index (κ1) is 24.0. The molecule has 13 heteroatoms. The highest BCUT2D eigenvalue weighted by Gasteiger charge is 2.37. The minimum Gasteiger partial charge on any atom is -0.326 e. The van der Waals surface area contributed by atoms with Crippen LogP contribution in [0.4, 0.5) is 24.5 Å². The quantitative estimate of drug-likeness (QED) is 0.495. The molecule has 0 atom stereocenters. The second-order valence-corrected chi connectivity index (χ2v) is 9.46. The van der Waals surface area contributed by atoms with Gasteiger partial charge in [0.25, 0.3) is 5.69 Å². The number of anilines is 1. The fourth-order valence-electron chi connectivity index (χ4n) is 3.33. The topological polar surface area (TPSA) is 110 Å². The number of carbonyl (C=O) groups excluding carboxylic acids is 1. The lowest BCUT2D eigenvalue weighted by atomic mass is 9.97. The van der Waals surface area contributed by atoms with Crippen LogP contribution in [0.5, 0.6) is 0 Å². The molecule has 1 aliphatic rings. The van der Waals surface area contributed by atoms with Crippen molar-refractivity contribution in [1.82, 2.24) is 4.31 Å². The SMILES string of the molecule is O=C(Nc1cccc([N+](=O)[O-])c1)C1CCN(S(=O)(=O)c2ccc(Cl)c(C(F)(F)F)c2)CC1. The van der Waals surface area contributed by atoms with Crippen LogP contribution < -0.4 is 5.32 Å². The third-order valence-corrected chi connectivity index (χ3v) is 7.25. The van der Waals surface area contributed by atoms with Crippen LogP contribution in [0.15, 0.2) is 47.4 Å². The standard InChI is InChI=1S/C19H17ClF3N3O5S/c20-17-5-4-15(11-16(17)19(21,22)23)32(30,31)25-8-6-12(7-9-25)18(27)24-13-2-1-3-14(10-13)26(28)29/h1-5,10-12H,6-9H2,(H,24,27). The van der Waals surface area contributed by atoms with Gasteiger partial charge in [-0.15, -0.1) is 0 Å². The van der Waals surface area contributed by atoms with Gasteiger partial charge in [0.05, 0.1) is 20.4 Å². The molecular weight excluding hydrogens is 475 g/mol. The van der Waals surface area contributed by atoms with Gasteiger partial charge in [-0.2, -0.15) is 17.5 Å². The maximum Gasteiger partial charge on any atom is 0.417 e. The molecule has 0 radical (unpaired) electrons. The number of piperidine rings is 1. The number of hydrogen-bond donors (Lipinski definition) is 1. The monoisotopic (exact) mass is 491 g/mol. The molecule has 1 N–H and O–H groups in total. The molecule has 1 amide bonds. The Bertz CT molecular complexity index is 1150. The Labute approximate surface area is 186 Å². The average Bonchev–Trinajstić information content (AvgIpc) is 2.73. The van der Waals surface area contributed by atoms with Gasteiger partial charge in [-0.25, -0.2) is 8.42 Å². The van der Waals surface area contributed by atoms with Crippen molar-refractivity contribution in [1.29, 1.82) is 0 Å². The summed E-state index contributed by atoms with van der Waals surface area (Å²) < 4.78 is 65.8. The van der Waals surface area contributed by atoms with Crippen LogP contribution in [-0.2, 0) is 21.0 Å². The highest BCUT2D eigenvalue weighted by atomic mass is 35.5. The lowest BCUT2D eigenvalue weighted by Crippen LogP contribution is -2.41. The summed E-state index contributed by atoms with van der Waals surface area (Å²) in [5, 5.41) is 12.8. The Hall–Kier alpha value is -2.70. The minimum atomic E-state index is -4.81. The Morgan fingerprint density at radius 1 is 1.16 bits per heavy atom. The second-order valence-electron chi connectivity index (χ2n) is 7.11. The normalized spacial score (nSPS) is 16.0. The third kappa shape index (κ3) is 5.19. The van der Waals surface area contributed by atoms with E-state index in [1.54, 1.807) is 0 Å². The fraction of sp³-hybridized carbons (Fsp3) is 0.316. The summed E-state index contributed by atoms with van der Waals surface area (Å²) >= 11 is 5.55. The van der Waals surface area contributed by atoms with E-state index in [1.165, 1.54) is 24.3 Å². The number of rotatable bonds is 5. The van der Waals surface area contributed by atoms with Crippen molar-refractivity contribution in [2.24, 2.45) is 5.92 Å². The molecule has 0 bridgehead atoms. The van der Waals surface area contributed by atoms with Crippen LogP contribution >= 0.6 is 11.6 Å². The van der Waals surface area contributed by atoms with Gasteiger partial charge >= 0.3 is 6.18 Å². The Morgan fingerprint density at radius 2 is 1.81 bits per heavy atom. The van der Waals surface area contributed by atoms with Gasteiger partial charge < -0.3 is 5.32 Å². The highest BCUT2D eigenvalue weighted by Crippen LogP contribution is 2.37. The van der Waals surface area contributed by atoms with Gasteiger partial charge in [0.1, 0.15) is 0 Å². The number of sulfonamides is 1. The summed E-state index contributed by atoms with van der Waals surface area (Å²) in [5.74, 6) is -0.981. The highest BCUT2D eigenvalue weighted by molar-refractivity contribution is 7.89. The minimum absolute atomic E-state index is 0.0701. The Kier molecular flexibility index (Phi) is 6.77. The van der Waals surface area contributed by atoms with Crippen molar-refractivity contribution < 1.29 is 31.3 Å². The van der Waals surface area contributed by atoms with Crippen molar-refractivity contribution >= 4 is 38.9 Å². The largest absolute Gasteiger partial charge is 0.417 e. The maximum absolute atomic E-state index is 13.1. The second kappa shape index (κ2) is 9.04. The van der Waals surface area contributed by atoms with Crippen molar-refractivity contribution in [2.75, 3.05) is 18.4 Å². The molecule has 1 fully saturated rings. The van der Waals surface area contributed by atoms with Gasteiger partial charge in [-0.1, -0.05) is 17.7 Å². The number of nitrogens with one attached hydrogen (secondary N) is 1. The number of nitrogens with zero attached hydrogens (tertiary/aromatic N) is 2. The Morgan fingerprint density at radius 3 is 2.41 bits per heavy atom. The molecule has 3 rings (SSSR count). The maximum atomic E-state index is 13.1. The van der Waals surface area contributed by atoms with E-state index >= 15 is 0 Å².